The second-order valence-corrected chi connectivity index (χ2v) is 5.78. The molecule has 4 nitrogen and oxygen atoms in total. The lowest BCUT2D eigenvalue weighted by Crippen LogP contribution is -2.49. The molecule has 2 aliphatic rings. The van der Waals surface area contributed by atoms with E-state index in [4.69, 9.17) is 16.3 Å². The molecule has 1 unspecified atom stereocenters. The number of hydrogen-bond donors (Lipinski definition) is 1. The highest BCUT2D eigenvalue weighted by Crippen LogP contribution is 2.24. The van der Waals surface area contributed by atoms with Gasteiger partial charge in [-0.15, -0.1) is 0 Å². The third-order valence-electron chi connectivity index (χ3n) is 3.98. The van der Waals surface area contributed by atoms with Gasteiger partial charge in [-0.25, -0.2) is 0 Å². The monoisotopic (exact) mass is 294 g/mol. The second kappa shape index (κ2) is 6.12. The Morgan fingerprint density at radius 2 is 2.15 bits per heavy atom. The Hall–Kier alpha value is -1.10. The molecule has 0 radical (unpaired) electrons. The summed E-state index contributed by atoms with van der Waals surface area (Å²) in [4.78, 5) is 14.3. The van der Waals surface area contributed by atoms with Crippen molar-refractivity contribution in [3.8, 4) is 0 Å². The Morgan fingerprint density at radius 1 is 1.35 bits per heavy atom. The number of nitrogens with zero attached hydrogens (tertiary/aromatic N) is 1. The molecule has 0 saturated carbocycles. The van der Waals surface area contributed by atoms with Crippen LogP contribution in [0, 0.1) is 0 Å². The van der Waals surface area contributed by atoms with Crippen LogP contribution in [0.2, 0.25) is 5.02 Å². The molecule has 20 heavy (non-hydrogen) atoms. The van der Waals surface area contributed by atoms with Crippen LogP contribution in [0.15, 0.2) is 24.3 Å². The van der Waals surface area contributed by atoms with E-state index < -0.39 is 0 Å². The maximum Gasteiger partial charge on any atom is 0.239 e. The molecule has 1 aromatic carbocycles. The summed E-state index contributed by atoms with van der Waals surface area (Å²) in [7, 11) is 0. The van der Waals surface area contributed by atoms with E-state index in [9.17, 15) is 4.79 Å². The topological polar surface area (TPSA) is 41.6 Å². The molecule has 0 aliphatic carbocycles. The Labute approximate surface area is 124 Å². The third-order valence-corrected chi connectivity index (χ3v) is 4.23. The molecule has 5 heteroatoms. The number of rotatable bonds is 2. The summed E-state index contributed by atoms with van der Waals surface area (Å²) >= 11 is 5.90. The number of benzene rings is 1. The second-order valence-electron chi connectivity index (χ2n) is 5.34. The predicted octanol–water partition coefficient (Wildman–Crippen LogP) is 1.99. The van der Waals surface area contributed by atoms with Crippen molar-refractivity contribution in [2.24, 2.45) is 0 Å². The van der Waals surface area contributed by atoms with Crippen LogP contribution < -0.4 is 5.32 Å². The summed E-state index contributed by atoms with van der Waals surface area (Å²) in [5.41, 5.74) is 1.08. The Balaban J connectivity index is 1.66. The summed E-state index contributed by atoms with van der Waals surface area (Å²) in [6, 6.07) is 7.65. The molecule has 0 spiro atoms. The fourth-order valence-corrected chi connectivity index (χ4v) is 2.97. The molecular weight excluding hydrogens is 276 g/mol. The van der Waals surface area contributed by atoms with Crippen molar-refractivity contribution in [3.05, 3.63) is 34.9 Å². The first-order valence-electron chi connectivity index (χ1n) is 7.13. The summed E-state index contributed by atoms with van der Waals surface area (Å²) in [6.07, 6.45) is 1.98. The standard InChI is InChI=1S/C15H19ClN2O2/c16-12-5-3-11(4-6-12)14-10-18(8-9-20-14)15(19)13-2-1-7-17-13/h3-6,13-14,17H,1-2,7-10H2/t13-,14?/m0/s1. The normalized spacial score (nSPS) is 26.8. The summed E-state index contributed by atoms with van der Waals surface area (Å²) in [6.45, 7) is 2.84. The lowest BCUT2D eigenvalue weighted by atomic mass is 10.1. The van der Waals surface area contributed by atoms with Crippen molar-refractivity contribution < 1.29 is 9.53 Å². The molecule has 0 aromatic heterocycles. The SMILES string of the molecule is O=C([C@@H]1CCCN1)N1CCOC(c2ccc(Cl)cc2)C1. The molecule has 2 aliphatic heterocycles. The average Bonchev–Trinajstić information content (AvgIpc) is 3.01. The minimum atomic E-state index is -0.0497. The van der Waals surface area contributed by atoms with Crippen LogP contribution in [-0.4, -0.2) is 43.1 Å². The Kier molecular flexibility index (Phi) is 4.24. The number of ether oxygens (including phenoxy) is 1. The van der Waals surface area contributed by atoms with E-state index in [1.807, 2.05) is 29.2 Å². The molecule has 1 N–H and O–H groups in total. The van der Waals surface area contributed by atoms with E-state index in [1.165, 1.54) is 0 Å². The fraction of sp³-hybridized carbons (Fsp3) is 0.533. The molecule has 2 fully saturated rings. The predicted molar refractivity (Wildman–Crippen MR) is 77.7 cm³/mol. The number of hydrogen-bond acceptors (Lipinski definition) is 3. The summed E-state index contributed by atoms with van der Waals surface area (Å²) < 4.78 is 5.79. The lowest BCUT2D eigenvalue weighted by Gasteiger charge is -2.34. The van der Waals surface area contributed by atoms with Gasteiger partial charge in [0.25, 0.3) is 0 Å². The van der Waals surface area contributed by atoms with Crippen molar-refractivity contribution >= 4 is 17.5 Å². The van der Waals surface area contributed by atoms with E-state index in [0.29, 0.717) is 24.7 Å². The third kappa shape index (κ3) is 2.97. The zero-order valence-corrected chi connectivity index (χ0v) is 12.1. The molecule has 108 valence electrons. The average molecular weight is 295 g/mol. The van der Waals surface area contributed by atoms with Crippen LogP contribution in [0.3, 0.4) is 0 Å². The molecule has 2 saturated heterocycles. The number of carbonyl (C=O) groups is 1. The first kappa shape index (κ1) is 13.9. The number of morpholine rings is 1. The zero-order valence-electron chi connectivity index (χ0n) is 11.3. The minimum absolute atomic E-state index is 0.000956. The van der Waals surface area contributed by atoms with Crippen molar-refractivity contribution in [2.45, 2.75) is 25.0 Å². The maximum absolute atomic E-state index is 12.4. The number of carbonyl (C=O) groups excluding carboxylic acids is 1. The van der Waals surface area contributed by atoms with Crippen LogP contribution >= 0.6 is 11.6 Å². The summed E-state index contributed by atoms with van der Waals surface area (Å²) in [5, 5.41) is 3.98. The van der Waals surface area contributed by atoms with Crippen molar-refractivity contribution in [3.63, 3.8) is 0 Å². The Morgan fingerprint density at radius 3 is 2.85 bits per heavy atom. The van der Waals surface area contributed by atoms with Crippen molar-refractivity contribution in [1.29, 1.82) is 0 Å². The molecule has 2 heterocycles. The quantitative estimate of drug-likeness (QED) is 0.907. The number of halogens is 1. The van der Waals surface area contributed by atoms with Crippen molar-refractivity contribution in [2.75, 3.05) is 26.2 Å². The van der Waals surface area contributed by atoms with Gasteiger partial charge in [-0.05, 0) is 37.1 Å². The van der Waals surface area contributed by atoms with E-state index in [0.717, 1.165) is 24.9 Å². The highest BCUT2D eigenvalue weighted by molar-refractivity contribution is 6.30. The first-order valence-corrected chi connectivity index (χ1v) is 7.51. The van der Waals surface area contributed by atoms with Crippen LogP contribution in [0.25, 0.3) is 0 Å². The zero-order chi connectivity index (χ0) is 13.9. The van der Waals surface area contributed by atoms with Gasteiger partial charge in [0.1, 0.15) is 6.10 Å². The van der Waals surface area contributed by atoms with Gasteiger partial charge in [0, 0.05) is 11.6 Å². The van der Waals surface area contributed by atoms with Crippen LogP contribution in [0.4, 0.5) is 0 Å². The van der Waals surface area contributed by atoms with Gasteiger partial charge in [0.2, 0.25) is 5.91 Å². The van der Waals surface area contributed by atoms with E-state index in [2.05, 4.69) is 5.32 Å². The minimum Gasteiger partial charge on any atom is -0.370 e. The lowest BCUT2D eigenvalue weighted by molar-refractivity contribution is -0.140. The van der Waals surface area contributed by atoms with Crippen molar-refractivity contribution in [1.82, 2.24) is 10.2 Å². The van der Waals surface area contributed by atoms with Crippen LogP contribution in [0.5, 0.6) is 0 Å². The number of nitrogens with one attached hydrogen (secondary N) is 1. The van der Waals surface area contributed by atoms with E-state index in [-0.39, 0.29) is 18.1 Å². The van der Waals surface area contributed by atoms with Gasteiger partial charge in [0.05, 0.1) is 19.2 Å². The van der Waals surface area contributed by atoms with Gasteiger partial charge in [-0.3, -0.25) is 4.79 Å². The number of amides is 1. The molecule has 1 aromatic rings. The fourth-order valence-electron chi connectivity index (χ4n) is 2.84. The van der Waals surface area contributed by atoms with Gasteiger partial charge >= 0.3 is 0 Å². The summed E-state index contributed by atoms with van der Waals surface area (Å²) in [5.74, 6) is 0.213. The molecule has 2 atom stereocenters. The van der Waals surface area contributed by atoms with Gasteiger partial charge in [-0.1, -0.05) is 23.7 Å². The largest absolute Gasteiger partial charge is 0.370 e. The molecule has 3 rings (SSSR count). The smallest absolute Gasteiger partial charge is 0.239 e. The van der Waals surface area contributed by atoms with Crippen LogP contribution in [-0.2, 0) is 9.53 Å². The van der Waals surface area contributed by atoms with Gasteiger partial charge in [0.15, 0.2) is 0 Å². The molecule has 0 bridgehead atoms. The maximum atomic E-state index is 12.4. The highest BCUT2D eigenvalue weighted by atomic mass is 35.5. The highest BCUT2D eigenvalue weighted by Gasteiger charge is 2.31. The van der Waals surface area contributed by atoms with Gasteiger partial charge < -0.3 is 15.0 Å². The van der Waals surface area contributed by atoms with Crippen LogP contribution in [0.1, 0.15) is 24.5 Å². The molecular formula is C15H19ClN2O2. The van der Waals surface area contributed by atoms with E-state index >= 15 is 0 Å². The molecule has 1 amide bonds. The van der Waals surface area contributed by atoms with Gasteiger partial charge in [-0.2, -0.15) is 0 Å². The van der Waals surface area contributed by atoms with E-state index in [1.54, 1.807) is 0 Å². The Bertz CT molecular complexity index is 471. The first-order chi connectivity index (χ1) is 9.74.